The Hall–Kier alpha value is -1.61. The molecule has 0 fully saturated rings. The maximum absolute atomic E-state index is 10.2. The molecule has 3 nitrogen and oxygen atoms in total. The third-order valence-corrected chi connectivity index (χ3v) is 3.10. The van der Waals surface area contributed by atoms with Crippen LogP contribution in [0.3, 0.4) is 0 Å². The fourth-order valence-corrected chi connectivity index (χ4v) is 2.02. The fraction of sp³-hybridized carbons (Fsp3) is 0.357. The van der Waals surface area contributed by atoms with Crippen molar-refractivity contribution in [2.24, 2.45) is 0 Å². The molecule has 1 aromatic heterocycles. The third-order valence-electron chi connectivity index (χ3n) is 3.10. The number of rotatable bonds is 4. The van der Waals surface area contributed by atoms with E-state index in [0.717, 1.165) is 12.2 Å². The molecule has 1 aromatic carbocycles. The van der Waals surface area contributed by atoms with E-state index < -0.39 is 6.10 Å². The molecule has 2 aromatic rings. The zero-order chi connectivity index (χ0) is 12.3. The molecule has 0 aliphatic rings. The highest BCUT2D eigenvalue weighted by Crippen LogP contribution is 2.19. The van der Waals surface area contributed by atoms with E-state index in [1.165, 1.54) is 11.1 Å². The number of hydrogen-bond donors (Lipinski definition) is 1. The molecule has 90 valence electrons. The van der Waals surface area contributed by atoms with E-state index in [4.69, 9.17) is 0 Å². The molecule has 0 saturated heterocycles. The number of aliphatic hydroxyl groups is 1. The predicted molar refractivity (Wildman–Crippen MR) is 67.7 cm³/mol. The van der Waals surface area contributed by atoms with Crippen molar-refractivity contribution in [1.82, 2.24) is 9.55 Å². The Labute approximate surface area is 102 Å². The smallest absolute Gasteiger partial charge is 0.0996 e. The summed E-state index contributed by atoms with van der Waals surface area (Å²) in [4.78, 5) is 4.08. The summed E-state index contributed by atoms with van der Waals surface area (Å²) in [6.45, 7) is 4.95. The van der Waals surface area contributed by atoms with Crippen molar-refractivity contribution in [1.29, 1.82) is 0 Å². The van der Waals surface area contributed by atoms with Gasteiger partial charge in [-0.05, 0) is 25.0 Å². The van der Waals surface area contributed by atoms with Gasteiger partial charge in [-0.1, -0.05) is 24.3 Å². The van der Waals surface area contributed by atoms with Crippen molar-refractivity contribution in [3.8, 4) is 0 Å². The zero-order valence-corrected chi connectivity index (χ0v) is 10.3. The molecule has 0 aliphatic carbocycles. The van der Waals surface area contributed by atoms with Crippen LogP contribution in [0.4, 0.5) is 0 Å². The minimum Gasteiger partial charge on any atom is -0.386 e. The highest BCUT2D eigenvalue weighted by Gasteiger charge is 2.13. The lowest BCUT2D eigenvalue weighted by molar-refractivity contribution is 0.168. The van der Waals surface area contributed by atoms with Gasteiger partial charge in [0.25, 0.3) is 0 Å². The summed E-state index contributed by atoms with van der Waals surface area (Å²) in [5.41, 5.74) is 3.29. The van der Waals surface area contributed by atoms with Crippen molar-refractivity contribution in [3.05, 3.63) is 53.6 Å². The van der Waals surface area contributed by atoms with E-state index in [-0.39, 0.29) is 0 Å². The quantitative estimate of drug-likeness (QED) is 0.876. The third kappa shape index (κ3) is 2.56. The summed E-state index contributed by atoms with van der Waals surface area (Å²) < 4.78 is 1.98. The average molecular weight is 230 g/mol. The summed E-state index contributed by atoms with van der Waals surface area (Å²) in [5, 5.41) is 10.2. The Kier molecular flexibility index (Phi) is 3.59. The van der Waals surface area contributed by atoms with E-state index in [1.807, 2.05) is 23.6 Å². The lowest BCUT2D eigenvalue weighted by Gasteiger charge is -2.14. The van der Waals surface area contributed by atoms with Gasteiger partial charge in [0.1, 0.15) is 0 Å². The van der Waals surface area contributed by atoms with Gasteiger partial charge < -0.3 is 9.67 Å². The summed E-state index contributed by atoms with van der Waals surface area (Å²) in [7, 11) is 0. The van der Waals surface area contributed by atoms with Gasteiger partial charge in [0.2, 0.25) is 0 Å². The molecule has 0 saturated carbocycles. The van der Waals surface area contributed by atoms with Gasteiger partial charge in [-0.15, -0.1) is 0 Å². The van der Waals surface area contributed by atoms with Crippen LogP contribution in [0.2, 0.25) is 0 Å². The number of aromatic nitrogens is 2. The molecular weight excluding hydrogens is 212 g/mol. The first-order chi connectivity index (χ1) is 8.22. The number of nitrogens with zero attached hydrogens (tertiary/aromatic N) is 2. The Bertz CT molecular complexity index is 490. The first kappa shape index (κ1) is 11.9. The second kappa shape index (κ2) is 5.15. The number of benzene rings is 1. The molecule has 3 heteroatoms. The van der Waals surface area contributed by atoms with E-state index in [0.29, 0.717) is 6.42 Å². The SMILES string of the molecule is CCn1cncc1C(O)Cc1ccccc1C. The largest absolute Gasteiger partial charge is 0.386 e. The van der Waals surface area contributed by atoms with Crippen molar-refractivity contribution >= 4 is 0 Å². The van der Waals surface area contributed by atoms with E-state index >= 15 is 0 Å². The van der Waals surface area contributed by atoms with Crippen LogP contribution in [0, 0.1) is 6.92 Å². The Morgan fingerprint density at radius 3 is 2.82 bits per heavy atom. The topological polar surface area (TPSA) is 38.0 Å². The summed E-state index contributed by atoms with van der Waals surface area (Å²) >= 11 is 0. The lowest BCUT2D eigenvalue weighted by Crippen LogP contribution is -2.09. The summed E-state index contributed by atoms with van der Waals surface area (Å²) in [6.07, 6.45) is 3.65. The maximum Gasteiger partial charge on any atom is 0.0996 e. The molecule has 0 amide bonds. The minimum absolute atomic E-state index is 0.487. The normalized spacial score (nSPS) is 12.6. The highest BCUT2D eigenvalue weighted by atomic mass is 16.3. The Morgan fingerprint density at radius 2 is 2.12 bits per heavy atom. The monoisotopic (exact) mass is 230 g/mol. The number of aliphatic hydroxyl groups excluding tert-OH is 1. The molecule has 0 aliphatic heterocycles. The first-order valence-corrected chi connectivity index (χ1v) is 5.95. The van der Waals surface area contributed by atoms with E-state index in [1.54, 1.807) is 12.5 Å². The van der Waals surface area contributed by atoms with Crippen molar-refractivity contribution in [2.45, 2.75) is 32.9 Å². The van der Waals surface area contributed by atoms with Crippen molar-refractivity contribution < 1.29 is 5.11 Å². The zero-order valence-electron chi connectivity index (χ0n) is 10.3. The fourth-order valence-electron chi connectivity index (χ4n) is 2.02. The van der Waals surface area contributed by atoms with Gasteiger partial charge in [0, 0.05) is 13.0 Å². The van der Waals surface area contributed by atoms with Crippen LogP contribution in [-0.2, 0) is 13.0 Å². The van der Waals surface area contributed by atoms with Gasteiger partial charge in [0.15, 0.2) is 0 Å². The summed E-state index contributed by atoms with van der Waals surface area (Å²) in [6, 6.07) is 8.15. The first-order valence-electron chi connectivity index (χ1n) is 5.95. The van der Waals surface area contributed by atoms with Crippen molar-refractivity contribution in [2.75, 3.05) is 0 Å². The molecule has 0 radical (unpaired) electrons. The van der Waals surface area contributed by atoms with Gasteiger partial charge in [-0.2, -0.15) is 0 Å². The molecule has 0 spiro atoms. The second-order valence-corrected chi connectivity index (χ2v) is 4.25. The van der Waals surface area contributed by atoms with Crippen LogP contribution in [-0.4, -0.2) is 14.7 Å². The van der Waals surface area contributed by atoms with Crippen LogP contribution in [0.1, 0.15) is 29.8 Å². The van der Waals surface area contributed by atoms with E-state index in [2.05, 4.69) is 24.0 Å². The van der Waals surface area contributed by atoms with Gasteiger partial charge in [0.05, 0.1) is 24.3 Å². The van der Waals surface area contributed by atoms with Gasteiger partial charge >= 0.3 is 0 Å². The van der Waals surface area contributed by atoms with Crippen LogP contribution < -0.4 is 0 Å². The Morgan fingerprint density at radius 1 is 1.35 bits per heavy atom. The molecule has 1 unspecified atom stereocenters. The van der Waals surface area contributed by atoms with Crippen molar-refractivity contribution in [3.63, 3.8) is 0 Å². The standard InChI is InChI=1S/C14H18N2O/c1-3-16-10-15-9-13(16)14(17)8-12-7-5-4-6-11(12)2/h4-7,9-10,14,17H,3,8H2,1-2H3. The average Bonchev–Trinajstić information content (AvgIpc) is 2.80. The Balaban J connectivity index is 2.17. The summed E-state index contributed by atoms with van der Waals surface area (Å²) in [5.74, 6) is 0. The number of imidazole rings is 1. The molecule has 1 atom stereocenters. The highest BCUT2D eigenvalue weighted by molar-refractivity contribution is 5.27. The molecule has 1 heterocycles. The van der Waals surface area contributed by atoms with Gasteiger partial charge in [-0.3, -0.25) is 0 Å². The lowest BCUT2D eigenvalue weighted by atomic mass is 10.0. The molecule has 17 heavy (non-hydrogen) atoms. The number of aryl methyl sites for hydroxylation is 2. The van der Waals surface area contributed by atoms with Gasteiger partial charge in [-0.25, -0.2) is 4.98 Å². The van der Waals surface area contributed by atoms with Crippen LogP contribution >= 0.6 is 0 Å². The molecular formula is C14H18N2O. The molecule has 2 rings (SSSR count). The van der Waals surface area contributed by atoms with E-state index in [9.17, 15) is 5.11 Å². The van der Waals surface area contributed by atoms with Crippen LogP contribution in [0.25, 0.3) is 0 Å². The second-order valence-electron chi connectivity index (χ2n) is 4.25. The number of hydrogen-bond acceptors (Lipinski definition) is 2. The van der Waals surface area contributed by atoms with Crippen LogP contribution in [0.5, 0.6) is 0 Å². The molecule has 1 N–H and O–H groups in total. The van der Waals surface area contributed by atoms with Crippen LogP contribution in [0.15, 0.2) is 36.8 Å². The molecule has 0 bridgehead atoms. The predicted octanol–water partition coefficient (Wildman–Crippen LogP) is 2.49. The minimum atomic E-state index is -0.487. The maximum atomic E-state index is 10.2.